The van der Waals surface area contributed by atoms with Crippen LogP contribution < -0.4 is 5.32 Å². The number of nitrogens with zero attached hydrogens (tertiary/aromatic N) is 1. The van der Waals surface area contributed by atoms with Crippen LogP contribution in [-0.4, -0.2) is 30.4 Å². The fourth-order valence-corrected chi connectivity index (χ4v) is 3.53. The molecule has 1 fully saturated rings. The van der Waals surface area contributed by atoms with Crippen LogP contribution in [-0.2, 0) is 11.3 Å². The lowest BCUT2D eigenvalue weighted by Crippen LogP contribution is -2.41. The summed E-state index contributed by atoms with van der Waals surface area (Å²) in [6.07, 6.45) is 6.89. The van der Waals surface area contributed by atoms with Crippen molar-refractivity contribution in [3.05, 3.63) is 35.9 Å². The summed E-state index contributed by atoms with van der Waals surface area (Å²) in [6.45, 7) is 8.38. The summed E-state index contributed by atoms with van der Waals surface area (Å²) in [6, 6.07) is 10.6. The molecule has 0 spiro atoms. The molecular formula is C21H34N2O. The van der Waals surface area contributed by atoms with E-state index in [9.17, 15) is 4.79 Å². The van der Waals surface area contributed by atoms with E-state index < -0.39 is 0 Å². The third-order valence-corrected chi connectivity index (χ3v) is 5.32. The van der Waals surface area contributed by atoms with Crippen molar-refractivity contribution < 1.29 is 4.79 Å². The van der Waals surface area contributed by atoms with Crippen molar-refractivity contribution in [1.29, 1.82) is 0 Å². The van der Waals surface area contributed by atoms with E-state index in [-0.39, 0.29) is 11.8 Å². The molecule has 0 radical (unpaired) electrons. The van der Waals surface area contributed by atoms with Crippen molar-refractivity contribution >= 4 is 5.91 Å². The van der Waals surface area contributed by atoms with E-state index >= 15 is 0 Å². The van der Waals surface area contributed by atoms with E-state index in [0.717, 1.165) is 45.4 Å². The Kier molecular flexibility index (Phi) is 8.31. The number of carbonyl (C=O) groups excluding carboxylic acids is 1. The van der Waals surface area contributed by atoms with Gasteiger partial charge in [-0.3, -0.25) is 9.69 Å². The maximum Gasteiger partial charge on any atom is 0.223 e. The van der Waals surface area contributed by atoms with Gasteiger partial charge in [0, 0.05) is 19.0 Å². The van der Waals surface area contributed by atoms with Gasteiger partial charge in [-0.1, -0.05) is 63.4 Å². The smallest absolute Gasteiger partial charge is 0.223 e. The van der Waals surface area contributed by atoms with Crippen molar-refractivity contribution in [1.82, 2.24) is 10.2 Å². The Morgan fingerprint density at radius 1 is 1.21 bits per heavy atom. The fraction of sp³-hybridized carbons (Fsp3) is 0.667. The highest BCUT2D eigenvalue weighted by Gasteiger charge is 2.25. The van der Waals surface area contributed by atoms with E-state index in [1.165, 1.54) is 24.8 Å². The monoisotopic (exact) mass is 330 g/mol. The largest absolute Gasteiger partial charge is 0.356 e. The number of likely N-dealkylation sites (tertiary alicyclic amines) is 1. The number of amides is 1. The van der Waals surface area contributed by atoms with Crippen LogP contribution in [0.2, 0.25) is 0 Å². The molecule has 0 aliphatic carbocycles. The van der Waals surface area contributed by atoms with E-state index in [0.29, 0.717) is 5.92 Å². The number of carbonyl (C=O) groups is 1. The van der Waals surface area contributed by atoms with Gasteiger partial charge in [-0.2, -0.15) is 0 Å². The molecule has 1 aromatic rings. The van der Waals surface area contributed by atoms with Gasteiger partial charge < -0.3 is 5.32 Å². The first kappa shape index (κ1) is 19.0. The maximum absolute atomic E-state index is 12.4. The second kappa shape index (κ2) is 10.5. The van der Waals surface area contributed by atoms with Crippen LogP contribution in [0.4, 0.5) is 0 Å². The number of hydrogen-bond acceptors (Lipinski definition) is 2. The Morgan fingerprint density at radius 2 is 1.92 bits per heavy atom. The molecule has 0 unspecified atom stereocenters. The first-order valence-electron chi connectivity index (χ1n) is 9.76. The van der Waals surface area contributed by atoms with Crippen LogP contribution in [0.5, 0.6) is 0 Å². The van der Waals surface area contributed by atoms with Crippen LogP contribution in [0, 0.1) is 11.8 Å². The zero-order valence-electron chi connectivity index (χ0n) is 15.5. The summed E-state index contributed by atoms with van der Waals surface area (Å²) in [4.78, 5) is 14.9. The molecule has 1 amide bonds. The average molecular weight is 331 g/mol. The molecule has 1 N–H and O–H groups in total. The summed E-state index contributed by atoms with van der Waals surface area (Å²) in [7, 11) is 0. The summed E-state index contributed by atoms with van der Waals surface area (Å²) in [5.41, 5.74) is 1.36. The number of nitrogens with one attached hydrogen (secondary N) is 1. The first-order chi connectivity index (χ1) is 11.7. The highest BCUT2D eigenvalue weighted by atomic mass is 16.1. The van der Waals surface area contributed by atoms with Gasteiger partial charge in [0.2, 0.25) is 5.91 Å². The lowest BCUT2D eigenvalue weighted by Gasteiger charge is -2.31. The second-order valence-electron chi connectivity index (χ2n) is 7.20. The summed E-state index contributed by atoms with van der Waals surface area (Å²) in [5.74, 6) is 1.14. The van der Waals surface area contributed by atoms with Crippen LogP contribution >= 0.6 is 0 Å². The highest BCUT2D eigenvalue weighted by Crippen LogP contribution is 2.20. The molecule has 0 saturated carbocycles. The van der Waals surface area contributed by atoms with Crippen molar-refractivity contribution in [3.8, 4) is 0 Å². The summed E-state index contributed by atoms with van der Waals surface area (Å²) >= 11 is 0. The maximum atomic E-state index is 12.4. The lowest BCUT2D eigenvalue weighted by atomic mass is 9.94. The second-order valence-corrected chi connectivity index (χ2v) is 7.20. The molecule has 1 aliphatic rings. The average Bonchev–Trinajstić information content (AvgIpc) is 2.63. The topological polar surface area (TPSA) is 32.3 Å². The minimum absolute atomic E-state index is 0.209. The lowest BCUT2D eigenvalue weighted by molar-refractivity contribution is -0.126. The van der Waals surface area contributed by atoms with Crippen molar-refractivity contribution in [2.75, 3.05) is 19.6 Å². The normalized spacial score (nSPS) is 17.6. The number of piperidine rings is 1. The highest BCUT2D eigenvalue weighted by molar-refractivity contribution is 5.78. The molecule has 1 heterocycles. The SMILES string of the molecule is CCCC[C@H](CC)CNC(=O)C1CCN(Cc2ccccc2)CC1. The third-order valence-electron chi connectivity index (χ3n) is 5.32. The van der Waals surface area contributed by atoms with Crippen molar-refractivity contribution in [3.63, 3.8) is 0 Å². The van der Waals surface area contributed by atoms with E-state index in [2.05, 4.69) is 54.4 Å². The van der Waals surface area contributed by atoms with Crippen LogP contribution in [0.15, 0.2) is 30.3 Å². The molecule has 3 nitrogen and oxygen atoms in total. The summed E-state index contributed by atoms with van der Waals surface area (Å²) in [5, 5.41) is 3.22. The fourth-order valence-electron chi connectivity index (χ4n) is 3.53. The zero-order valence-corrected chi connectivity index (χ0v) is 15.5. The number of benzene rings is 1. The van der Waals surface area contributed by atoms with Gasteiger partial charge in [0.05, 0.1) is 0 Å². The molecule has 1 atom stereocenters. The van der Waals surface area contributed by atoms with Gasteiger partial charge in [-0.25, -0.2) is 0 Å². The van der Waals surface area contributed by atoms with E-state index in [4.69, 9.17) is 0 Å². The Bertz CT molecular complexity index is 466. The quantitative estimate of drug-likeness (QED) is 0.735. The molecule has 1 saturated heterocycles. The van der Waals surface area contributed by atoms with Gasteiger partial charge in [-0.05, 0) is 43.8 Å². The third kappa shape index (κ3) is 6.27. The van der Waals surface area contributed by atoms with Crippen molar-refractivity contribution in [2.45, 2.75) is 58.9 Å². The van der Waals surface area contributed by atoms with E-state index in [1.807, 2.05) is 0 Å². The number of unbranched alkanes of at least 4 members (excludes halogenated alkanes) is 1. The Hall–Kier alpha value is -1.35. The summed E-state index contributed by atoms with van der Waals surface area (Å²) < 4.78 is 0. The molecule has 1 aromatic carbocycles. The predicted octanol–water partition coefficient (Wildman–Crippen LogP) is 4.23. The Labute approximate surface area is 147 Å². The van der Waals surface area contributed by atoms with Crippen LogP contribution in [0.1, 0.15) is 57.9 Å². The van der Waals surface area contributed by atoms with E-state index in [1.54, 1.807) is 0 Å². The molecule has 2 rings (SSSR count). The standard InChI is InChI=1S/C21H34N2O/c1-3-5-9-18(4-2)16-22-21(24)20-12-14-23(15-13-20)17-19-10-7-6-8-11-19/h6-8,10-11,18,20H,3-5,9,12-17H2,1-2H3,(H,22,24)/t18-/m0/s1. The molecule has 0 bridgehead atoms. The van der Waals surface area contributed by atoms with Gasteiger partial charge in [0.25, 0.3) is 0 Å². The van der Waals surface area contributed by atoms with Gasteiger partial charge >= 0.3 is 0 Å². The number of hydrogen-bond donors (Lipinski definition) is 1. The molecule has 24 heavy (non-hydrogen) atoms. The minimum atomic E-state index is 0.209. The first-order valence-corrected chi connectivity index (χ1v) is 9.76. The zero-order chi connectivity index (χ0) is 17.2. The molecule has 1 aliphatic heterocycles. The van der Waals surface area contributed by atoms with Gasteiger partial charge in [0.15, 0.2) is 0 Å². The van der Waals surface area contributed by atoms with Crippen LogP contribution in [0.3, 0.4) is 0 Å². The molecule has 0 aromatic heterocycles. The minimum Gasteiger partial charge on any atom is -0.356 e. The van der Waals surface area contributed by atoms with Crippen LogP contribution in [0.25, 0.3) is 0 Å². The molecule has 3 heteroatoms. The van der Waals surface area contributed by atoms with Gasteiger partial charge in [-0.15, -0.1) is 0 Å². The number of rotatable bonds is 9. The predicted molar refractivity (Wildman–Crippen MR) is 101 cm³/mol. The molecule has 134 valence electrons. The van der Waals surface area contributed by atoms with Crippen molar-refractivity contribution in [2.24, 2.45) is 11.8 Å². The van der Waals surface area contributed by atoms with Gasteiger partial charge in [0.1, 0.15) is 0 Å². The Balaban J connectivity index is 1.68. The Morgan fingerprint density at radius 3 is 2.54 bits per heavy atom. The molecular weight excluding hydrogens is 296 g/mol.